The van der Waals surface area contributed by atoms with Crippen molar-refractivity contribution in [3.63, 3.8) is 0 Å². The molecule has 6 rings (SSSR count). The Labute approximate surface area is 205 Å². The topological polar surface area (TPSA) is 81.4 Å². The summed E-state index contributed by atoms with van der Waals surface area (Å²) in [7, 11) is 0. The maximum atomic E-state index is 4.95. The molecule has 3 aromatic carbocycles. The fourth-order valence-electron chi connectivity index (χ4n) is 4.67. The molecular formula is C29H30N6. The van der Waals surface area contributed by atoms with Gasteiger partial charge >= 0.3 is 0 Å². The van der Waals surface area contributed by atoms with Crippen LogP contribution in [0.1, 0.15) is 37.5 Å². The van der Waals surface area contributed by atoms with Crippen molar-refractivity contribution in [3.05, 3.63) is 72.3 Å². The van der Waals surface area contributed by atoms with E-state index in [0.29, 0.717) is 0 Å². The standard InChI is InChI=1S/C27H28N6.C2H2/c1-2-12-28-16-25-30-21-10-7-18(15-24(21)31-25)17-6-9-20-19(14-17)8-11-22-26(20)33-27(32-22)23-5-3-4-13-29-23;1-2/h3,5-11,14-15,23,28-29H,2,4,12-13,16H2,1H3,(H,30,31)(H,32,33);1-2H. The van der Waals surface area contributed by atoms with E-state index in [-0.39, 0.29) is 6.04 Å². The molecule has 0 amide bonds. The normalized spacial score (nSPS) is 15.5. The third-order valence-corrected chi connectivity index (χ3v) is 6.37. The lowest BCUT2D eigenvalue weighted by Gasteiger charge is -2.15. The molecule has 1 aliphatic heterocycles. The van der Waals surface area contributed by atoms with E-state index in [2.05, 4.69) is 101 Å². The molecule has 6 heteroatoms. The van der Waals surface area contributed by atoms with Gasteiger partial charge in [0, 0.05) is 5.39 Å². The van der Waals surface area contributed by atoms with Crippen molar-refractivity contribution in [1.82, 2.24) is 30.6 Å². The molecule has 0 spiro atoms. The number of hydrogen-bond donors (Lipinski definition) is 4. The lowest BCUT2D eigenvalue weighted by atomic mass is 10.0. The van der Waals surface area contributed by atoms with Crippen LogP contribution in [0.4, 0.5) is 0 Å². The predicted octanol–water partition coefficient (Wildman–Crippen LogP) is 5.60. The van der Waals surface area contributed by atoms with Crippen molar-refractivity contribution in [2.24, 2.45) is 0 Å². The Morgan fingerprint density at radius 1 is 0.971 bits per heavy atom. The summed E-state index contributed by atoms with van der Waals surface area (Å²) in [6.07, 6.45) is 14.6. The SMILES string of the molecule is C#C.CCCNCc1nc2ccc(-c3ccc4c(ccc5[nH]c(C6C=CCCN6)nc54)c3)cc2[nH]1. The summed E-state index contributed by atoms with van der Waals surface area (Å²) >= 11 is 0. The number of aromatic amines is 2. The van der Waals surface area contributed by atoms with Gasteiger partial charge in [-0.1, -0.05) is 43.3 Å². The summed E-state index contributed by atoms with van der Waals surface area (Å²) in [5.74, 6) is 1.96. The highest BCUT2D eigenvalue weighted by Gasteiger charge is 2.16. The Bertz CT molecular complexity index is 1520. The van der Waals surface area contributed by atoms with Gasteiger partial charge in [0.2, 0.25) is 0 Å². The minimum absolute atomic E-state index is 0.156. The lowest BCUT2D eigenvalue weighted by molar-refractivity contribution is 0.580. The second-order valence-corrected chi connectivity index (χ2v) is 8.76. The van der Waals surface area contributed by atoms with Gasteiger partial charge in [0.05, 0.1) is 34.7 Å². The summed E-state index contributed by atoms with van der Waals surface area (Å²) in [6.45, 7) is 4.92. The molecule has 0 radical (unpaired) electrons. The first kappa shape index (κ1) is 22.9. The van der Waals surface area contributed by atoms with Gasteiger partial charge in [0.25, 0.3) is 0 Å². The minimum Gasteiger partial charge on any atom is -0.341 e. The molecule has 0 saturated heterocycles. The van der Waals surface area contributed by atoms with Gasteiger partial charge in [-0.2, -0.15) is 0 Å². The van der Waals surface area contributed by atoms with Crippen molar-refractivity contribution in [1.29, 1.82) is 0 Å². The second-order valence-electron chi connectivity index (χ2n) is 8.76. The zero-order chi connectivity index (χ0) is 24.2. The van der Waals surface area contributed by atoms with Crippen molar-refractivity contribution in [2.75, 3.05) is 13.1 Å². The fourth-order valence-corrected chi connectivity index (χ4v) is 4.67. The van der Waals surface area contributed by atoms with Crippen LogP contribution in [0, 0.1) is 12.8 Å². The quantitative estimate of drug-likeness (QED) is 0.150. The molecule has 0 fully saturated rings. The van der Waals surface area contributed by atoms with Gasteiger partial charge in [-0.05, 0) is 66.7 Å². The number of terminal acetylenes is 1. The van der Waals surface area contributed by atoms with E-state index in [4.69, 9.17) is 9.97 Å². The number of H-pyrrole nitrogens is 2. The Balaban J connectivity index is 0.00000124. The van der Waals surface area contributed by atoms with Gasteiger partial charge in [-0.25, -0.2) is 9.97 Å². The third-order valence-electron chi connectivity index (χ3n) is 6.37. The first-order valence-corrected chi connectivity index (χ1v) is 12.1. The monoisotopic (exact) mass is 462 g/mol. The first-order valence-electron chi connectivity index (χ1n) is 12.1. The number of hydrogen-bond acceptors (Lipinski definition) is 4. The van der Waals surface area contributed by atoms with Crippen LogP contribution >= 0.6 is 0 Å². The number of benzene rings is 3. The van der Waals surface area contributed by atoms with Crippen molar-refractivity contribution in [3.8, 4) is 24.0 Å². The average Bonchev–Trinajstić information content (AvgIpc) is 3.54. The van der Waals surface area contributed by atoms with E-state index in [0.717, 1.165) is 66.2 Å². The number of aromatic nitrogens is 4. The van der Waals surface area contributed by atoms with Crippen molar-refractivity contribution in [2.45, 2.75) is 32.4 Å². The molecule has 0 saturated carbocycles. The van der Waals surface area contributed by atoms with Crippen LogP contribution in [0.3, 0.4) is 0 Å². The largest absolute Gasteiger partial charge is 0.341 e. The van der Waals surface area contributed by atoms with Crippen molar-refractivity contribution >= 4 is 32.8 Å². The van der Waals surface area contributed by atoms with Gasteiger partial charge in [-0.15, -0.1) is 12.8 Å². The molecule has 2 aromatic heterocycles. The molecule has 5 aromatic rings. The Morgan fingerprint density at radius 3 is 2.66 bits per heavy atom. The zero-order valence-electron chi connectivity index (χ0n) is 19.9. The molecule has 35 heavy (non-hydrogen) atoms. The smallest absolute Gasteiger partial charge is 0.128 e. The summed E-state index contributed by atoms with van der Waals surface area (Å²) in [4.78, 5) is 16.6. The van der Waals surface area contributed by atoms with E-state index >= 15 is 0 Å². The first-order chi connectivity index (χ1) is 17.3. The van der Waals surface area contributed by atoms with Crippen LogP contribution in [0.2, 0.25) is 0 Å². The van der Waals surface area contributed by atoms with E-state index in [9.17, 15) is 0 Å². The number of fused-ring (bicyclic) bond motifs is 4. The molecule has 0 aliphatic carbocycles. The molecule has 3 heterocycles. The Morgan fingerprint density at radius 2 is 1.83 bits per heavy atom. The molecule has 176 valence electrons. The average molecular weight is 463 g/mol. The van der Waals surface area contributed by atoms with Crippen LogP contribution in [0.15, 0.2) is 60.7 Å². The Hall–Kier alpha value is -3.92. The highest BCUT2D eigenvalue weighted by atomic mass is 15.0. The van der Waals surface area contributed by atoms with E-state index < -0.39 is 0 Å². The lowest BCUT2D eigenvalue weighted by Crippen LogP contribution is -2.24. The maximum absolute atomic E-state index is 4.95. The van der Waals surface area contributed by atoms with Gasteiger partial charge in [0.1, 0.15) is 11.6 Å². The molecule has 1 atom stereocenters. The van der Waals surface area contributed by atoms with Crippen LogP contribution in [-0.4, -0.2) is 33.0 Å². The molecule has 4 N–H and O–H groups in total. The summed E-state index contributed by atoms with van der Waals surface area (Å²) < 4.78 is 0. The van der Waals surface area contributed by atoms with E-state index in [1.165, 1.54) is 21.9 Å². The maximum Gasteiger partial charge on any atom is 0.128 e. The summed E-state index contributed by atoms with van der Waals surface area (Å²) in [5.41, 5.74) is 6.56. The third kappa shape index (κ3) is 4.57. The van der Waals surface area contributed by atoms with Gasteiger partial charge < -0.3 is 20.6 Å². The highest BCUT2D eigenvalue weighted by Crippen LogP contribution is 2.31. The second kappa shape index (κ2) is 10.1. The van der Waals surface area contributed by atoms with Gasteiger partial charge in [-0.3, -0.25) is 0 Å². The van der Waals surface area contributed by atoms with Crippen LogP contribution in [-0.2, 0) is 6.54 Å². The number of imidazole rings is 2. The number of nitrogens with one attached hydrogen (secondary N) is 4. The van der Waals surface area contributed by atoms with Gasteiger partial charge in [0.15, 0.2) is 0 Å². The van der Waals surface area contributed by atoms with E-state index in [1.807, 2.05) is 0 Å². The predicted molar refractivity (Wildman–Crippen MR) is 145 cm³/mol. The molecule has 0 bridgehead atoms. The summed E-state index contributed by atoms with van der Waals surface area (Å²) in [6, 6.07) is 17.6. The van der Waals surface area contributed by atoms with E-state index in [1.54, 1.807) is 0 Å². The molecule has 1 aliphatic rings. The molecule has 6 nitrogen and oxygen atoms in total. The molecular weight excluding hydrogens is 432 g/mol. The van der Waals surface area contributed by atoms with Crippen LogP contribution in [0.25, 0.3) is 44.0 Å². The van der Waals surface area contributed by atoms with Crippen LogP contribution < -0.4 is 10.6 Å². The molecule has 1 unspecified atom stereocenters. The number of nitrogens with zero attached hydrogens (tertiary/aromatic N) is 2. The highest BCUT2D eigenvalue weighted by molar-refractivity contribution is 6.05. The minimum atomic E-state index is 0.156. The summed E-state index contributed by atoms with van der Waals surface area (Å²) in [5, 5.41) is 9.28. The zero-order valence-corrected chi connectivity index (χ0v) is 19.9. The van der Waals surface area contributed by atoms with Crippen LogP contribution in [0.5, 0.6) is 0 Å². The van der Waals surface area contributed by atoms with Crippen molar-refractivity contribution < 1.29 is 0 Å². The number of rotatable bonds is 6. The Kier molecular flexibility index (Phi) is 6.62. The fraction of sp³-hybridized carbons (Fsp3) is 0.241.